The molecule has 11 heteroatoms. The Bertz CT molecular complexity index is 1130. The molecule has 0 saturated heterocycles. The summed E-state index contributed by atoms with van der Waals surface area (Å²) in [5, 5.41) is 8.19. The highest BCUT2D eigenvalue weighted by Crippen LogP contribution is 2.33. The van der Waals surface area contributed by atoms with Crippen molar-refractivity contribution in [3.63, 3.8) is 0 Å². The highest BCUT2D eigenvalue weighted by Gasteiger charge is 2.14. The quantitative estimate of drug-likeness (QED) is 0.565. The molecule has 28 heavy (non-hydrogen) atoms. The Morgan fingerprint density at radius 3 is 2.29 bits per heavy atom. The first-order valence-electron chi connectivity index (χ1n) is 7.89. The number of carbonyl (C=O) groups is 1. The molecule has 1 amide bonds. The Labute approximate surface area is 160 Å². The molecule has 0 radical (unpaired) electrons. The van der Waals surface area contributed by atoms with Crippen LogP contribution < -0.4 is 24.7 Å². The van der Waals surface area contributed by atoms with Gasteiger partial charge in [0.05, 0.1) is 19.7 Å². The molecule has 0 bridgehead atoms. The predicted octanol–water partition coefficient (Wildman–Crippen LogP) is 1.51. The molecule has 0 spiro atoms. The molecule has 0 unspecified atom stereocenters. The molecule has 0 aliphatic rings. The number of anilines is 2. The van der Waals surface area contributed by atoms with Gasteiger partial charge in [-0.25, -0.2) is 15.1 Å². The molecule has 4 N–H and O–H groups in total. The van der Waals surface area contributed by atoms with E-state index in [0.29, 0.717) is 33.8 Å². The highest BCUT2D eigenvalue weighted by molar-refractivity contribution is 7.90. The first-order chi connectivity index (χ1) is 13.3. The van der Waals surface area contributed by atoms with Crippen LogP contribution in [0, 0.1) is 0 Å². The van der Waals surface area contributed by atoms with Crippen LogP contribution in [0.5, 0.6) is 11.5 Å². The van der Waals surface area contributed by atoms with E-state index in [0.717, 1.165) is 0 Å². The summed E-state index contributed by atoms with van der Waals surface area (Å²) in [6.07, 6.45) is 1.32. The van der Waals surface area contributed by atoms with Crippen LogP contribution in [0.15, 0.2) is 42.7 Å². The van der Waals surface area contributed by atoms with E-state index in [4.69, 9.17) is 14.6 Å². The molecule has 0 fully saturated rings. The minimum atomic E-state index is -3.89. The third kappa shape index (κ3) is 4.27. The van der Waals surface area contributed by atoms with Gasteiger partial charge < -0.3 is 14.8 Å². The third-order valence-electron chi connectivity index (χ3n) is 3.78. The zero-order valence-electron chi connectivity index (χ0n) is 15.0. The fourth-order valence-electron chi connectivity index (χ4n) is 2.52. The normalized spacial score (nSPS) is 11.1. The maximum absolute atomic E-state index is 12.5. The van der Waals surface area contributed by atoms with Crippen molar-refractivity contribution in [2.75, 3.05) is 24.3 Å². The van der Waals surface area contributed by atoms with Crippen LogP contribution in [0.25, 0.3) is 10.9 Å². The van der Waals surface area contributed by atoms with Crippen molar-refractivity contribution in [3.8, 4) is 11.5 Å². The molecule has 3 aromatic rings. The summed E-state index contributed by atoms with van der Waals surface area (Å²) in [6, 6.07) is 9.10. The number of fused-ring (bicyclic) bond motifs is 1. The van der Waals surface area contributed by atoms with Crippen molar-refractivity contribution in [3.05, 3.63) is 48.3 Å². The van der Waals surface area contributed by atoms with E-state index in [9.17, 15) is 13.2 Å². The number of nitrogens with one attached hydrogen (secondary N) is 2. The first kappa shape index (κ1) is 19.3. The second kappa shape index (κ2) is 7.66. The van der Waals surface area contributed by atoms with Crippen LogP contribution in [-0.2, 0) is 10.2 Å². The SMILES string of the molecule is COc1cc2ncnc(NC(=O)c3ccc(NS(N)(=O)=O)cc3)c2cc1OC. The first-order valence-corrected chi connectivity index (χ1v) is 9.44. The number of hydrogen-bond donors (Lipinski definition) is 3. The Kier molecular flexibility index (Phi) is 5.29. The fourth-order valence-corrected chi connectivity index (χ4v) is 2.98. The molecule has 1 heterocycles. The molecular weight excluding hydrogens is 386 g/mol. The van der Waals surface area contributed by atoms with E-state index in [1.807, 2.05) is 0 Å². The Balaban J connectivity index is 1.88. The maximum Gasteiger partial charge on any atom is 0.296 e. The Morgan fingerprint density at radius 1 is 1.04 bits per heavy atom. The van der Waals surface area contributed by atoms with Gasteiger partial charge in [-0.15, -0.1) is 0 Å². The summed E-state index contributed by atoms with van der Waals surface area (Å²) in [7, 11) is -0.866. The van der Waals surface area contributed by atoms with Gasteiger partial charge in [0.1, 0.15) is 12.1 Å². The second-order valence-electron chi connectivity index (χ2n) is 5.63. The number of amides is 1. The van der Waals surface area contributed by atoms with Crippen LogP contribution in [0.4, 0.5) is 11.5 Å². The van der Waals surface area contributed by atoms with Crippen molar-refractivity contribution in [2.45, 2.75) is 0 Å². The number of hydrogen-bond acceptors (Lipinski definition) is 7. The van der Waals surface area contributed by atoms with Crippen LogP contribution in [0.2, 0.25) is 0 Å². The lowest BCUT2D eigenvalue weighted by atomic mass is 10.1. The molecular formula is C17H17N5O5S. The van der Waals surface area contributed by atoms with Crippen LogP contribution in [-0.4, -0.2) is 38.5 Å². The lowest BCUT2D eigenvalue weighted by molar-refractivity contribution is 0.102. The lowest BCUT2D eigenvalue weighted by Gasteiger charge is -2.11. The van der Waals surface area contributed by atoms with Gasteiger partial charge in [0.25, 0.3) is 16.1 Å². The van der Waals surface area contributed by atoms with Gasteiger partial charge in [-0.2, -0.15) is 8.42 Å². The largest absolute Gasteiger partial charge is 0.493 e. The average Bonchev–Trinajstić information content (AvgIpc) is 2.66. The summed E-state index contributed by atoms with van der Waals surface area (Å²) >= 11 is 0. The van der Waals surface area contributed by atoms with Crippen LogP contribution in [0.3, 0.4) is 0 Å². The Hall–Kier alpha value is -3.44. The standard InChI is InChI=1S/C17H17N5O5S/c1-26-14-7-12-13(8-15(14)27-2)19-9-20-16(12)21-17(23)10-3-5-11(6-4-10)22-28(18,24)25/h3-9,22H,1-2H3,(H2,18,24,25)(H,19,20,21,23). The van der Waals surface area contributed by atoms with Gasteiger partial charge in [0, 0.05) is 22.7 Å². The Morgan fingerprint density at radius 2 is 1.68 bits per heavy atom. The summed E-state index contributed by atoms with van der Waals surface area (Å²) in [5.41, 5.74) is 1.10. The smallest absolute Gasteiger partial charge is 0.296 e. The molecule has 2 aromatic carbocycles. The van der Waals surface area contributed by atoms with Gasteiger partial charge in [0.2, 0.25) is 0 Å². The number of aromatic nitrogens is 2. The number of benzene rings is 2. The molecule has 0 saturated carbocycles. The van der Waals surface area contributed by atoms with Crippen LogP contribution in [0.1, 0.15) is 10.4 Å². The van der Waals surface area contributed by atoms with Crippen molar-refractivity contribution in [1.29, 1.82) is 0 Å². The van der Waals surface area contributed by atoms with E-state index >= 15 is 0 Å². The zero-order chi connectivity index (χ0) is 20.3. The summed E-state index contributed by atoms with van der Waals surface area (Å²) in [6.45, 7) is 0. The molecule has 0 aliphatic carbocycles. The van der Waals surface area contributed by atoms with Crippen molar-refractivity contribution >= 4 is 38.5 Å². The number of rotatable bonds is 6. The van der Waals surface area contributed by atoms with Crippen molar-refractivity contribution < 1.29 is 22.7 Å². The minimum Gasteiger partial charge on any atom is -0.493 e. The summed E-state index contributed by atoms with van der Waals surface area (Å²) in [5.74, 6) is 0.835. The summed E-state index contributed by atoms with van der Waals surface area (Å²) in [4.78, 5) is 20.8. The molecule has 10 nitrogen and oxygen atoms in total. The second-order valence-corrected chi connectivity index (χ2v) is 6.92. The van der Waals surface area contributed by atoms with E-state index in [1.54, 1.807) is 12.1 Å². The molecule has 0 atom stereocenters. The van der Waals surface area contributed by atoms with E-state index in [2.05, 4.69) is 20.0 Å². The van der Waals surface area contributed by atoms with E-state index in [1.165, 1.54) is 44.8 Å². The van der Waals surface area contributed by atoms with Gasteiger partial charge in [0.15, 0.2) is 11.5 Å². The van der Waals surface area contributed by atoms with Gasteiger partial charge in [-0.05, 0) is 30.3 Å². The fraction of sp³-hybridized carbons (Fsp3) is 0.118. The molecule has 1 aromatic heterocycles. The average molecular weight is 403 g/mol. The number of carbonyl (C=O) groups excluding carboxylic acids is 1. The number of nitrogens with two attached hydrogens (primary N) is 1. The number of nitrogens with zero attached hydrogens (tertiary/aromatic N) is 2. The summed E-state index contributed by atoms with van der Waals surface area (Å²) < 4.78 is 34.7. The zero-order valence-corrected chi connectivity index (χ0v) is 15.8. The van der Waals surface area contributed by atoms with Crippen molar-refractivity contribution in [1.82, 2.24) is 9.97 Å². The molecule has 0 aliphatic heterocycles. The van der Waals surface area contributed by atoms with Gasteiger partial charge in [-0.1, -0.05) is 0 Å². The number of ether oxygens (including phenoxy) is 2. The van der Waals surface area contributed by atoms with Gasteiger partial charge >= 0.3 is 0 Å². The lowest BCUT2D eigenvalue weighted by Crippen LogP contribution is -2.21. The minimum absolute atomic E-state index is 0.239. The third-order valence-corrected chi connectivity index (χ3v) is 4.30. The van der Waals surface area contributed by atoms with Gasteiger partial charge in [-0.3, -0.25) is 9.52 Å². The number of methoxy groups -OCH3 is 2. The topological polar surface area (TPSA) is 146 Å². The van der Waals surface area contributed by atoms with Crippen LogP contribution >= 0.6 is 0 Å². The highest BCUT2D eigenvalue weighted by atomic mass is 32.2. The maximum atomic E-state index is 12.5. The van der Waals surface area contributed by atoms with E-state index in [-0.39, 0.29) is 5.69 Å². The van der Waals surface area contributed by atoms with E-state index < -0.39 is 16.1 Å². The molecule has 146 valence electrons. The predicted molar refractivity (Wildman–Crippen MR) is 104 cm³/mol. The molecule has 3 rings (SSSR count). The monoisotopic (exact) mass is 403 g/mol. The van der Waals surface area contributed by atoms with Crippen molar-refractivity contribution in [2.24, 2.45) is 5.14 Å².